The Morgan fingerprint density at radius 3 is 2.31 bits per heavy atom. The number of ketones is 1. The van der Waals surface area contributed by atoms with Gasteiger partial charge in [-0.05, 0) is 31.6 Å². The fraction of sp³-hybridized carbons (Fsp3) is 0.909. The molecule has 0 atom stereocenters. The summed E-state index contributed by atoms with van der Waals surface area (Å²) in [4.78, 5) is 12.0. The molecule has 0 aromatic carbocycles. The monoisotopic (exact) mass is 245 g/mol. The summed E-state index contributed by atoms with van der Waals surface area (Å²) in [6.45, 7) is 2.15. The zero-order valence-electron chi connectivity index (χ0n) is 9.90. The third-order valence-corrected chi connectivity index (χ3v) is 6.17. The highest BCUT2D eigenvalue weighted by Crippen LogP contribution is 2.42. The molecular formula is C11H19NO3S. The molecule has 1 spiro atoms. The molecular weight excluding hydrogens is 226 g/mol. The minimum absolute atomic E-state index is 0.0930. The van der Waals surface area contributed by atoms with Gasteiger partial charge in [0.05, 0.1) is 5.54 Å². The quantitative estimate of drug-likeness (QED) is 0.697. The van der Waals surface area contributed by atoms with E-state index in [0.29, 0.717) is 18.8 Å². The molecule has 5 heteroatoms. The fourth-order valence-corrected chi connectivity index (χ4v) is 4.61. The van der Waals surface area contributed by atoms with E-state index in [9.17, 15) is 13.2 Å². The van der Waals surface area contributed by atoms with Gasteiger partial charge in [0, 0.05) is 7.05 Å². The van der Waals surface area contributed by atoms with Crippen LogP contribution in [0.15, 0.2) is 0 Å². The predicted molar refractivity (Wildman–Crippen MR) is 61.5 cm³/mol. The average molecular weight is 245 g/mol. The van der Waals surface area contributed by atoms with Crippen molar-refractivity contribution in [3.63, 3.8) is 0 Å². The van der Waals surface area contributed by atoms with Crippen molar-refractivity contribution < 1.29 is 13.2 Å². The van der Waals surface area contributed by atoms with Crippen molar-refractivity contribution in [2.24, 2.45) is 5.92 Å². The van der Waals surface area contributed by atoms with Crippen LogP contribution in [0.1, 0.15) is 39.0 Å². The maximum absolute atomic E-state index is 12.0. The standard InChI is InChI=1S/C11H19NO3S/c1-3-9-4-6-11(7-5-9)10(13)8-16(14,15)12(11)2/h9H,3-8H2,1-2H3. The van der Waals surface area contributed by atoms with Crippen LogP contribution in [0.5, 0.6) is 0 Å². The Bertz CT molecular complexity index is 393. The van der Waals surface area contributed by atoms with Gasteiger partial charge in [-0.2, -0.15) is 4.31 Å². The van der Waals surface area contributed by atoms with Gasteiger partial charge in [-0.3, -0.25) is 4.79 Å². The first-order chi connectivity index (χ1) is 7.42. The number of carbonyl (C=O) groups excluding carboxylic acids is 1. The van der Waals surface area contributed by atoms with Crippen LogP contribution >= 0.6 is 0 Å². The van der Waals surface area contributed by atoms with Gasteiger partial charge in [-0.25, -0.2) is 8.42 Å². The molecule has 4 nitrogen and oxygen atoms in total. The Labute approximate surface area is 97.1 Å². The van der Waals surface area contributed by atoms with Gasteiger partial charge < -0.3 is 0 Å². The molecule has 0 unspecified atom stereocenters. The van der Waals surface area contributed by atoms with E-state index in [1.807, 2.05) is 0 Å². The van der Waals surface area contributed by atoms with Crippen LogP contribution in [0, 0.1) is 5.92 Å². The van der Waals surface area contributed by atoms with E-state index >= 15 is 0 Å². The van der Waals surface area contributed by atoms with Crippen LogP contribution in [0.25, 0.3) is 0 Å². The number of rotatable bonds is 1. The molecule has 1 heterocycles. The second-order valence-electron chi connectivity index (χ2n) is 5.03. The first kappa shape index (κ1) is 12.0. The lowest BCUT2D eigenvalue weighted by molar-refractivity contribution is -0.125. The highest BCUT2D eigenvalue weighted by atomic mass is 32.2. The number of hydrogen-bond acceptors (Lipinski definition) is 3. The molecule has 2 rings (SSSR count). The minimum atomic E-state index is -3.32. The maximum Gasteiger partial charge on any atom is 0.221 e. The van der Waals surface area contributed by atoms with Crippen LogP contribution in [-0.4, -0.2) is 36.8 Å². The molecule has 0 radical (unpaired) electrons. The van der Waals surface area contributed by atoms with Crippen molar-refractivity contribution >= 4 is 15.8 Å². The average Bonchev–Trinajstić information content (AvgIpc) is 2.41. The van der Waals surface area contributed by atoms with Gasteiger partial charge in [-0.1, -0.05) is 13.3 Å². The minimum Gasteiger partial charge on any atom is -0.296 e. The number of carbonyl (C=O) groups is 1. The summed E-state index contributed by atoms with van der Waals surface area (Å²) in [7, 11) is -1.76. The molecule has 1 aliphatic heterocycles. The highest BCUT2D eigenvalue weighted by Gasteiger charge is 2.55. The molecule has 2 aliphatic rings. The van der Waals surface area contributed by atoms with Crippen molar-refractivity contribution in [1.29, 1.82) is 0 Å². The van der Waals surface area contributed by atoms with E-state index in [0.717, 1.165) is 19.3 Å². The fourth-order valence-electron chi connectivity index (χ4n) is 3.00. The number of nitrogens with zero attached hydrogens (tertiary/aromatic N) is 1. The maximum atomic E-state index is 12.0. The van der Waals surface area contributed by atoms with Crippen LogP contribution in [0.3, 0.4) is 0 Å². The first-order valence-electron chi connectivity index (χ1n) is 5.92. The lowest BCUT2D eigenvalue weighted by atomic mass is 9.74. The largest absolute Gasteiger partial charge is 0.296 e. The molecule has 0 amide bonds. The van der Waals surface area contributed by atoms with Crippen molar-refractivity contribution in [1.82, 2.24) is 4.31 Å². The summed E-state index contributed by atoms with van der Waals surface area (Å²) in [6, 6.07) is 0. The summed E-state index contributed by atoms with van der Waals surface area (Å²) >= 11 is 0. The molecule has 0 N–H and O–H groups in total. The number of hydrogen-bond donors (Lipinski definition) is 0. The lowest BCUT2D eigenvalue weighted by Gasteiger charge is -2.39. The van der Waals surface area contributed by atoms with E-state index < -0.39 is 15.6 Å². The molecule has 1 saturated carbocycles. The smallest absolute Gasteiger partial charge is 0.221 e. The molecule has 92 valence electrons. The Morgan fingerprint density at radius 1 is 1.38 bits per heavy atom. The van der Waals surface area contributed by atoms with Gasteiger partial charge in [0.2, 0.25) is 10.0 Å². The Balaban J connectivity index is 2.24. The predicted octanol–water partition coefficient (Wildman–Crippen LogP) is 1.17. The second kappa shape index (κ2) is 3.81. The van der Waals surface area contributed by atoms with Crippen LogP contribution in [0.4, 0.5) is 0 Å². The van der Waals surface area contributed by atoms with Gasteiger partial charge >= 0.3 is 0 Å². The number of sulfonamides is 1. The zero-order chi connectivity index (χ0) is 12.0. The van der Waals surface area contributed by atoms with Crippen molar-refractivity contribution in [2.75, 3.05) is 12.8 Å². The molecule has 1 saturated heterocycles. The Morgan fingerprint density at radius 2 is 1.94 bits per heavy atom. The van der Waals surface area contributed by atoms with Gasteiger partial charge in [-0.15, -0.1) is 0 Å². The summed E-state index contributed by atoms with van der Waals surface area (Å²) < 4.78 is 24.7. The van der Waals surface area contributed by atoms with Crippen molar-refractivity contribution in [3.8, 4) is 0 Å². The van der Waals surface area contributed by atoms with Gasteiger partial charge in [0.1, 0.15) is 5.75 Å². The van der Waals surface area contributed by atoms with Crippen molar-refractivity contribution in [3.05, 3.63) is 0 Å². The van der Waals surface area contributed by atoms with Gasteiger partial charge in [0.15, 0.2) is 5.78 Å². The van der Waals surface area contributed by atoms with E-state index in [1.165, 1.54) is 4.31 Å². The topological polar surface area (TPSA) is 54.5 Å². The van der Waals surface area contributed by atoms with E-state index in [1.54, 1.807) is 7.05 Å². The molecule has 2 fully saturated rings. The summed E-state index contributed by atoms with van der Waals surface area (Å²) in [5.74, 6) is 0.278. The molecule has 0 bridgehead atoms. The summed E-state index contributed by atoms with van der Waals surface area (Å²) in [5.41, 5.74) is -0.690. The Kier molecular flexibility index (Phi) is 2.87. The van der Waals surface area contributed by atoms with Crippen LogP contribution < -0.4 is 0 Å². The third kappa shape index (κ3) is 1.61. The number of likely N-dealkylation sites (N-methyl/N-ethyl adjacent to an activating group) is 1. The summed E-state index contributed by atoms with van der Waals surface area (Å²) in [5, 5.41) is 0. The number of Topliss-reactive ketones (excluding diaryl/α,β-unsaturated/α-hetero) is 1. The molecule has 1 aliphatic carbocycles. The molecule has 0 aromatic heterocycles. The summed E-state index contributed by atoms with van der Waals surface area (Å²) in [6.07, 6.45) is 4.49. The normalized spacial score (nSPS) is 39.4. The van der Waals surface area contributed by atoms with Crippen molar-refractivity contribution in [2.45, 2.75) is 44.6 Å². The SMILES string of the molecule is CCC1CCC2(CC1)C(=O)CS(=O)(=O)N2C. The van der Waals surface area contributed by atoms with Crippen LogP contribution in [0.2, 0.25) is 0 Å². The second-order valence-corrected chi connectivity index (χ2v) is 7.03. The Hall–Kier alpha value is -0.420. The first-order valence-corrected chi connectivity index (χ1v) is 7.53. The zero-order valence-corrected chi connectivity index (χ0v) is 10.7. The lowest BCUT2D eigenvalue weighted by Crippen LogP contribution is -2.49. The van der Waals surface area contributed by atoms with E-state index in [-0.39, 0.29) is 11.5 Å². The van der Waals surface area contributed by atoms with Gasteiger partial charge in [0.25, 0.3) is 0 Å². The highest BCUT2D eigenvalue weighted by molar-refractivity contribution is 7.90. The van der Waals surface area contributed by atoms with E-state index in [4.69, 9.17) is 0 Å². The molecule has 0 aromatic rings. The van der Waals surface area contributed by atoms with E-state index in [2.05, 4.69) is 6.92 Å². The third-order valence-electron chi connectivity index (χ3n) is 4.36. The van der Waals surface area contributed by atoms with Crippen LogP contribution in [-0.2, 0) is 14.8 Å². The molecule has 16 heavy (non-hydrogen) atoms.